The molecule has 0 bridgehead atoms. The van der Waals surface area contributed by atoms with Crippen molar-refractivity contribution < 1.29 is 14.6 Å². The molecule has 0 aliphatic heterocycles. The molecule has 1 aromatic rings. The maximum atomic E-state index is 10.8. The van der Waals surface area contributed by atoms with Gasteiger partial charge in [-0.3, -0.25) is 4.79 Å². The molecule has 0 aromatic heterocycles. The van der Waals surface area contributed by atoms with Crippen molar-refractivity contribution in [3.05, 3.63) is 35.9 Å². The summed E-state index contributed by atoms with van der Waals surface area (Å²) < 4.78 is 0. The molecule has 0 aliphatic rings. The Morgan fingerprint density at radius 2 is 1.83 bits per heavy atom. The Labute approximate surface area is 71.6 Å². The summed E-state index contributed by atoms with van der Waals surface area (Å²) in [5.41, 5.74) is 0.286. The number of benzene rings is 1. The van der Waals surface area contributed by atoms with Crippen molar-refractivity contribution >= 4 is 13.9 Å². The molecule has 0 aliphatic carbocycles. The van der Waals surface area contributed by atoms with Gasteiger partial charge in [-0.15, -0.1) is 0 Å². The van der Waals surface area contributed by atoms with Crippen LogP contribution >= 0.6 is 8.38 Å². The van der Waals surface area contributed by atoms with Crippen LogP contribution in [0.3, 0.4) is 0 Å². The van der Waals surface area contributed by atoms with E-state index in [1.807, 2.05) is 6.07 Å². The Balaban J connectivity index is 2.59. The van der Waals surface area contributed by atoms with Crippen LogP contribution in [-0.4, -0.2) is 15.3 Å². The lowest BCUT2D eigenvalue weighted by Crippen LogP contribution is -1.99. The fourth-order valence-corrected chi connectivity index (χ4v) is 1.17. The summed E-state index contributed by atoms with van der Waals surface area (Å²) in [6.45, 7) is 0. The molecule has 64 valence electrons. The van der Waals surface area contributed by atoms with Crippen molar-refractivity contribution in [2.24, 2.45) is 0 Å². The topological polar surface area (TPSA) is 57.5 Å². The highest BCUT2D eigenvalue weighted by atomic mass is 31.2. The van der Waals surface area contributed by atoms with Crippen molar-refractivity contribution in [2.45, 2.75) is 6.42 Å². The smallest absolute Gasteiger partial charge is 0.238 e. The summed E-state index contributed by atoms with van der Waals surface area (Å²) in [4.78, 5) is 27.9. The van der Waals surface area contributed by atoms with Crippen molar-refractivity contribution in [1.29, 1.82) is 0 Å². The lowest BCUT2D eigenvalue weighted by Gasteiger charge is -2.00. The van der Waals surface area contributed by atoms with E-state index in [0.29, 0.717) is 0 Å². The second kappa shape index (κ2) is 4.31. The lowest BCUT2D eigenvalue weighted by atomic mass is 10.2. The van der Waals surface area contributed by atoms with Gasteiger partial charge in [0.05, 0.1) is 0 Å². The highest BCUT2D eigenvalue weighted by Gasteiger charge is 2.12. The fourth-order valence-electron chi connectivity index (χ4n) is 0.841. The first-order chi connectivity index (χ1) is 5.70. The van der Waals surface area contributed by atoms with Crippen molar-refractivity contribution in [3.8, 4) is 0 Å². The molecular formula is C8H9O3P. The molecule has 3 nitrogen and oxygen atoms in total. The zero-order valence-corrected chi connectivity index (χ0v) is 7.24. The van der Waals surface area contributed by atoms with Crippen molar-refractivity contribution in [1.82, 2.24) is 0 Å². The van der Waals surface area contributed by atoms with Crippen LogP contribution in [0.5, 0.6) is 0 Å². The first-order valence-corrected chi connectivity index (χ1v) is 4.69. The molecular weight excluding hydrogens is 175 g/mol. The van der Waals surface area contributed by atoms with Crippen molar-refractivity contribution in [2.75, 3.05) is 0 Å². The molecule has 0 atom stereocenters. The molecule has 1 rings (SSSR count). The molecule has 0 saturated heterocycles. The Kier molecular flexibility index (Phi) is 3.35. The maximum absolute atomic E-state index is 10.8. The third-order valence-electron chi connectivity index (χ3n) is 1.42. The summed E-state index contributed by atoms with van der Waals surface area (Å²) in [6.07, 6.45) is 0.0968. The lowest BCUT2D eigenvalue weighted by molar-refractivity contribution is -0.112. The number of rotatable bonds is 3. The molecule has 0 spiro atoms. The zero-order valence-electron chi connectivity index (χ0n) is 6.34. The fraction of sp³-hybridized carbons (Fsp3) is 0.125. The van der Waals surface area contributed by atoms with E-state index in [1.165, 1.54) is 0 Å². The number of carbonyl (C=O) groups excluding carboxylic acids is 1. The Morgan fingerprint density at radius 1 is 1.25 bits per heavy atom. The number of carbonyl (C=O) groups is 1. The van der Waals surface area contributed by atoms with Crippen LogP contribution in [0.1, 0.15) is 5.56 Å². The summed E-state index contributed by atoms with van der Waals surface area (Å²) in [6, 6.07) is 9.00. The largest absolute Gasteiger partial charge is 0.345 e. The minimum Gasteiger partial charge on any atom is -0.345 e. The summed E-state index contributed by atoms with van der Waals surface area (Å²) in [5, 5.41) is 0. The average molecular weight is 184 g/mol. The molecule has 0 radical (unpaired) electrons. The molecule has 4 heteroatoms. The average Bonchev–Trinajstić information content (AvgIpc) is 2.06. The Morgan fingerprint density at radius 3 is 2.33 bits per heavy atom. The minimum atomic E-state index is -2.42. The minimum absolute atomic E-state index is 0.0968. The van der Waals surface area contributed by atoms with Crippen LogP contribution in [-0.2, 0) is 11.2 Å². The third kappa shape index (κ3) is 2.70. The van der Waals surface area contributed by atoms with E-state index in [0.717, 1.165) is 5.56 Å². The molecule has 0 unspecified atom stereocenters. The van der Waals surface area contributed by atoms with E-state index < -0.39 is 13.9 Å². The molecule has 1 aromatic carbocycles. The van der Waals surface area contributed by atoms with Gasteiger partial charge in [0, 0.05) is 6.42 Å². The van der Waals surface area contributed by atoms with Gasteiger partial charge < -0.3 is 9.79 Å². The Bertz CT molecular complexity index is 258. The van der Waals surface area contributed by atoms with Gasteiger partial charge in [0.25, 0.3) is 0 Å². The molecule has 0 fully saturated rings. The van der Waals surface area contributed by atoms with Gasteiger partial charge in [-0.2, -0.15) is 0 Å². The predicted molar refractivity (Wildman–Crippen MR) is 46.5 cm³/mol. The molecule has 0 heterocycles. The number of hydrogen-bond donors (Lipinski definition) is 2. The van der Waals surface area contributed by atoms with Gasteiger partial charge >= 0.3 is 0 Å². The van der Waals surface area contributed by atoms with Gasteiger partial charge in [-0.1, -0.05) is 30.3 Å². The molecule has 0 saturated carbocycles. The molecule has 0 amide bonds. The van der Waals surface area contributed by atoms with Gasteiger partial charge in [0.1, 0.15) is 0 Å². The first kappa shape index (κ1) is 9.33. The summed E-state index contributed by atoms with van der Waals surface area (Å²) in [7, 11) is -2.42. The van der Waals surface area contributed by atoms with E-state index in [2.05, 4.69) is 0 Å². The Hall–Kier alpha value is -0.760. The van der Waals surface area contributed by atoms with E-state index >= 15 is 0 Å². The summed E-state index contributed by atoms with van der Waals surface area (Å²) >= 11 is 0. The van der Waals surface area contributed by atoms with Gasteiger partial charge in [-0.05, 0) is 5.56 Å². The SMILES string of the molecule is O=C(Cc1ccccc1)P(O)O. The standard InChI is InChI=1S/C8H9O3P/c9-8(12(10)11)6-7-4-2-1-3-5-7/h1-5,10-11H,6H2. The maximum Gasteiger partial charge on any atom is 0.238 e. The third-order valence-corrected chi connectivity index (χ3v) is 2.03. The zero-order chi connectivity index (χ0) is 8.97. The summed E-state index contributed by atoms with van der Waals surface area (Å²) in [5.74, 6) is 0. The normalized spacial score (nSPS) is 10.2. The van der Waals surface area contributed by atoms with Crippen LogP contribution in [0.25, 0.3) is 0 Å². The van der Waals surface area contributed by atoms with E-state index in [4.69, 9.17) is 9.79 Å². The van der Waals surface area contributed by atoms with E-state index in [9.17, 15) is 4.79 Å². The van der Waals surface area contributed by atoms with Gasteiger partial charge in [0.15, 0.2) is 0 Å². The number of hydrogen-bond acceptors (Lipinski definition) is 3. The van der Waals surface area contributed by atoms with Crippen LogP contribution in [0.4, 0.5) is 0 Å². The van der Waals surface area contributed by atoms with Crippen LogP contribution in [0, 0.1) is 0 Å². The second-order valence-corrected chi connectivity index (χ2v) is 3.42. The van der Waals surface area contributed by atoms with E-state index in [1.54, 1.807) is 24.3 Å². The van der Waals surface area contributed by atoms with Gasteiger partial charge in [0.2, 0.25) is 13.9 Å². The highest BCUT2D eigenvalue weighted by Crippen LogP contribution is 2.25. The second-order valence-electron chi connectivity index (χ2n) is 2.35. The molecule has 2 N–H and O–H groups in total. The highest BCUT2D eigenvalue weighted by molar-refractivity contribution is 7.64. The van der Waals surface area contributed by atoms with Crippen LogP contribution < -0.4 is 0 Å². The van der Waals surface area contributed by atoms with Crippen LogP contribution in [0.15, 0.2) is 30.3 Å². The van der Waals surface area contributed by atoms with Crippen molar-refractivity contribution in [3.63, 3.8) is 0 Å². The molecule has 12 heavy (non-hydrogen) atoms. The predicted octanol–water partition coefficient (Wildman–Crippen LogP) is 1.05. The first-order valence-electron chi connectivity index (χ1n) is 3.45. The van der Waals surface area contributed by atoms with Gasteiger partial charge in [-0.25, -0.2) is 0 Å². The monoisotopic (exact) mass is 184 g/mol. The quantitative estimate of drug-likeness (QED) is 0.690. The van der Waals surface area contributed by atoms with E-state index in [-0.39, 0.29) is 6.42 Å². The van der Waals surface area contributed by atoms with Crippen LogP contribution in [0.2, 0.25) is 0 Å².